The minimum absolute atomic E-state index is 0.00103. The number of rotatable bonds is 7. The highest BCUT2D eigenvalue weighted by atomic mass is 19.4. The van der Waals surface area contributed by atoms with Crippen LogP contribution in [-0.2, 0) is 6.18 Å². The Bertz CT molecular complexity index is 1110. The number of carbonyl (C=O) groups excluding carboxylic acids is 1. The zero-order chi connectivity index (χ0) is 26.4. The Labute approximate surface area is 208 Å². The van der Waals surface area contributed by atoms with Crippen LogP contribution in [0.3, 0.4) is 0 Å². The Hall–Kier alpha value is -2.69. The molecule has 2 fully saturated rings. The number of nitrogens with zero attached hydrogens (tertiary/aromatic N) is 3. The van der Waals surface area contributed by atoms with Crippen LogP contribution in [0.25, 0.3) is 0 Å². The van der Waals surface area contributed by atoms with Gasteiger partial charge in [0.2, 0.25) is 0 Å². The summed E-state index contributed by atoms with van der Waals surface area (Å²) in [5.41, 5.74) is 2.35. The van der Waals surface area contributed by atoms with E-state index in [1.165, 1.54) is 13.0 Å². The number of hydrogen-bond acceptors (Lipinski definition) is 6. The lowest BCUT2D eigenvalue weighted by Crippen LogP contribution is -2.49. The summed E-state index contributed by atoms with van der Waals surface area (Å²) in [5, 5.41) is 19.3. The lowest BCUT2D eigenvalue weighted by Gasteiger charge is -2.38. The van der Waals surface area contributed by atoms with E-state index in [4.69, 9.17) is 4.74 Å². The van der Waals surface area contributed by atoms with Crippen molar-refractivity contribution in [2.45, 2.75) is 70.6 Å². The van der Waals surface area contributed by atoms with Crippen LogP contribution in [0.1, 0.15) is 59.1 Å². The molecule has 0 radical (unpaired) electrons. The summed E-state index contributed by atoms with van der Waals surface area (Å²) in [4.78, 5) is 20.5. The first kappa shape index (κ1) is 26.4. The Balaban J connectivity index is 1.41. The fourth-order valence-corrected chi connectivity index (χ4v) is 5.19. The van der Waals surface area contributed by atoms with Gasteiger partial charge in [0.05, 0.1) is 11.7 Å². The highest BCUT2D eigenvalue weighted by molar-refractivity contribution is 5.94. The van der Waals surface area contributed by atoms with Crippen molar-refractivity contribution in [2.75, 3.05) is 19.7 Å². The third-order valence-corrected chi connectivity index (χ3v) is 7.54. The van der Waals surface area contributed by atoms with Crippen molar-refractivity contribution in [1.29, 1.82) is 0 Å². The molecule has 2 saturated heterocycles. The highest BCUT2D eigenvalue weighted by Crippen LogP contribution is 2.39. The van der Waals surface area contributed by atoms with E-state index in [0.29, 0.717) is 18.8 Å². The van der Waals surface area contributed by atoms with Gasteiger partial charge in [-0.15, -0.1) is 0 Å². The highest BCUT2D eigenvalue weighted by Gasteiger charge is 2.47. The first-order valence-corrected chi connectivity index (χ1v) is 12.1. The minimum Gasteiger partial charge on any atom is -0.491 e. The second kappa shape index (κ2) is 9.99. The number of halogens is 3. The summed E-state index contributed by atoms with van der Waals surface area (Å²) in [7, 11) is 0. The molecule has 1 aromatic heterocycles. The Morgan fingerprint density at radius 2 is 1.83 bits per heavy atom. The van der Waals surface area contributed by atoms with Gasteiger partial charge in [0, 0.05) is 37.4 Å². The lowest BCUT2D eigenvalue weighted by molar-refractivity contribution is -0.141. The number of likely N-dealkylation sites (tertiary alicyclic amines) is 2. The van der Waals surface area contributed by atoms with E-state index in [0.717, 1.165) is 35.4 Å². The molecule has 0 spiro atoms. The van der Waals surface area contributed by atoms with Gasteiger partial charge in [-0.1, -0.05) is 6.07 Å². The number of fused-ring (bicyclic) bond motifs is 2. The van der Waals surface area contributed by atoms with Crippen LogP contribution in [0, 0.1) is 13.8 Å². The number of pyridine rings is 1. The summed E-state index contributed by atoms with van der Waals surface area (Å²) in [6.45, 7) is 8.84. The third-order valence-electron chi connectivity index (χ3n) is 7.54. The maximum absolute atomic E-state index is 13.0. The zero-order valence-electron chi connectivity index (χ0n) is 20.8. The molecule has 1 aromatic carbocycles. The van der Waals surface area contributed by atoms with Gasteiger partial charge in [0.1, 0.15) is 24.2 Å². The van der Waals surface area contributed by atoms with E-state index >= 15 is 0 Å². The fourth-order valence-electron chi connectivity index (χ4n) is 5.19. The van der Waals surface area contributed by atoms with Gasteiger partial charge >= 0.3 is 6.18 Å². The van der Waals surface area contributed by atoms with Gasteiger partial charge in [0.15, 0.2) is 0 Å². The first-order valence-electron chi connectivity index (χ1n) is 12.1. The molecule has 10 heteroatoms. The van der Waals surface area contributed by atoms with E-state index in [9.17, 15) is 28.2 Å². The smallest absolute Gasteiger partial charge is 0.433 e. The molecule has 2 aromatic rings. The van der Waals surface area contributed by atoms with Crippen molar-refractivity contribution in [3.05, 3.63) is 58.4 Å². The lowest BCUT2D eigenvalue weighted by atomic mass is 9.96. The topological polar surface area (TPSA) is 86.1 Å². The number of ether oxygens (including phenoxy) is 1. The molecular formula is C26H32F3N3O4. The number of aliphatic hydroxyl groups is 2. The van der Waals surface area contributed by atoms with E-state index in [1.54, 1.807) is 4.90 Å². The second-order valence-corrected chi connectivity index (χ2v) is 9.83. The average Bonchev–Trinajstić information content (AvgIpc) is 3.44. The SMILES string of the molecule is Cc1c(OC[C@H](O)[C@H](C)O)ccc([C@H](C)N2C[C@H]3C[C@@H]2CN3C(=O)c2ccc(C(F)(F)F)nc2)c1C. The van der Waals surface area contributed by atoms with Gasteiger partial charge in [0.25, 0.3) is 5.91 Å². The molecule has 4 rings (SSSR count). The van der Waals surface area contributed by atoms with E-state index in [2.05, 4.69) is 16.8 Å². The third kappa shape index (κ3) is 5.07. The van der Waals surface area contributed by atoms with E-state index in [1.807, 2.05) is 26.0 Å². The van der Waals surface area contributed by atoms with Crippen molar-refractivity contribution in [2.24, 2.45) is 0 Å². The van der Waals surface area contributed by atoms with Crippen LogP contribution in [0.2, 0.25) is 0 Å². The molecule has 5 atom stereocenters. The van der Waals surface area contributed by atoms with E-state index < -0.39 is 24.1 Å². The van der Waals surface area contributed by atoms with Gasteiger partial charge in [-0.05, 0) is 69.0 Å². The molecule has 36 heavy (non-hydrogen) atoms. The summed E-state index contributed by atoms with van der Waals surface area (Å²) in [6.07, 6.45) is -4.55. The Morgan fingerprint density at radius 1 is 1.11 bits per heavy atom. The second-order valence-electron chi connectivity index (χ2n) is 9.83. The van der Waals surface area contributed by atoms with Crippen LogP contribution in [-0.4, -0.2) is 74.9 Å². The maximum atomic E-state index is 13.0. The summed E-state index contributed by atoms with van der Waals surface area (Å²) < 4.78 is 44.1. The number of alkyl halides is 3. The number of carbonyl (C=O) groups is 1. The van der Waals surface area contributed by atoms with Gasteiger partial charge in [-0.2, -0.15) is 13.2 Å². The molecule has 3 heterocycles. The Morgan fingerprint density at radius 3 is 2.39 bits per heavy atom. The van der Waals surface area contributed by atoms with Crippen molar-refractivity contribution in [3.8, 4) is 5.75 Å². The minimum atomic E-state index is -4.54. The predicted octanol–water partition coefficient (Wildman–Crippen LogP) is 3.50. The molecule has 0 aliphatic carbocycles. The quantitative estimate of drug-likeness (QED) is 0.597. The van der Waals surface area contributed by atoms with Crippen LogP contribution in [0.4, 0.5) is 13.2 Å². The molecule has 2 aliphatic rings. The molecule has 0 saturated carbocycles. The van der Waals surface area contributed by atoms with Crippen LogP contribution in [0.15, 0.2) is 30.5 Å². The van der Waals surface area contributed by atoms with Gasteiger partial charge < -0.3 is 19.8 Å². The number of amides is 1. The Kier molecular flexibility index (Phi) is 7.32. The van der Waals surface area contributed by atoms with E-state index in [-0.39, 0.29) is 36.2 Å². The number of aliphatic hydroxyl groups excluding tert-OH is 2. The summed E-state index contributed by atoms with van der Waals surface area (Å²) in [5.74, 6) is 0.372. The number of aromatic nitrogens is 1. The molecule has 2 aliphatic heterocycles. The maximum Gasteiger partial charge on any atom is 0.433 e. The molecular weight excluding hydrogens is 475 g/mol. The largest absolute Gasteiger partial charge is 0.491 e. The number of benzene rings is 1. The number of hydrogen-bond donors (Lipinski definition) is 2. The summed E-state index contributed by atoms with van der Waals surface area (Å²) in [6, 6.07) is 6.19. The van der Waals surface area contributed by atoms with Gasteiger partial charge in [-0.25, -0.2) is 0 Å². The fraction of sp³-hybridized carbons (Fsp3) is 0.538. The van der Waals surface area contributed by atoms with Crippen LogP contribution >= 0.6 is 0 Å². The standard InChI is InChI=1S/C26H32F3N3O4/c1-14-15(2)23(36-13-22(34)17(4)33)7-6-21(14)16(3)31-11-20-9-19(31)12-32(20)25(35)18-5-8-24(30-10-18)26(27,28)29/h5-8,10,16-17,19-20,22,33-34H,9,11-13H2,1-4H3/t16-,17-,19+,20+,22-/m0/s1. The first-order chi connectivity index (χ1) is 16.9. The predicted molar refractivity (Wildman–Crippen MR) is 127 cm³/mol. The molecule has 7 nitrogen and oxygen atoms in total. The molecule has 196 valence electrons. The summed E-state index contributed by atoms with van der Waals surface area (Å²) >= 11 is 0. The van der Waals surface area contributed by atoms with Crippen molar-refractivity contribution in [3.63, 3.8) is 0 Å². The van der Waals surface area contributed by atoms with Crippen molar-refractivity contribution >= 4 is 5.91 Å². The van der Waals surface area contributed by atoms with Gasteiger partial charge in [-0.3, -0.25) is 14.7 Å². The monoisotopic (exact) mass is 507 g/mol. The van der Waals surface area contributed by atoms with Crippen LogP contribution < -0.4 is 4.74 Å². The van der Waals surface area contributed by atoms with Crippen molar-refractivity contribution < 1.29 is 32.9 Å². The normalized spacial score (nSPS) is 22.5. The molecule has 1 amide bonds. The molecule has 0 unspecified atom stereocenters. The average molecular weight is 508 g/mol. The molecule has 2 N–H and O–H groups in total. The van der Waals surface area contributed by atoms with Crippen LogP contribution in [0.5, 0.6) is 5.75 Å². The number of piperazine rings is 1. The zero-order valence-corrected chi connectivity index (χ0v) is 20.8. The molecule has 2 bridgehead atoms. The van der Waals surface area contributed by atoms with Crippen molar-refractivity contribution in [1.82, 2.24) is 14.8 Å².